The zero-order valence-corrected chi connectivity index (χ0v) is 13.5. The maximum absolute atomic E-state index is 12.6. The van der Waals surface area contributed by atoms with E-state index < -0.39 is 41.6 Å². The lowest BCUT2D eigenvalue weighted by atomic mass is 10.3. The Morgan fingerprint density at radius 3 is 1.58 bits per heavy atom. The molecule has 0 aromatic carbocycles. The van der Waals surface area contributed by atoms with E-state index in [2.05, 4.69) is 16.1 Å². The van der Waals surface area contributed by atoms with Crippen LogP contribution in [0.5, 0.6) is 0 Å². The van der Waals surface area contributed by atoms with E-state index in [0.717, 1.165) is 13.7 Å². The Labute approximate surface area is 144 Å². The molecule has 2 atom stereocenters. The van der Waals surface area contributed by atoms with Gasteiger partial charge >= 0.3 is 29.4 Å². The predicted molar refractivity (Wildman–Crippen MR) is 81.9 cm³/mol. The molecule has 0 bridgehead atoms. The molecule has 140 valence electrons. The van der Waals surface area contributed by atoms with E-state index in [1.165, 1.54) is 6.08 Å². The first-order valence-electron chi connectivity index (χ1n) is 7.63. The fourth-order valence-electron chi connectivity index (χ4n) is 2.60. The summed E-state index contributed by atoms with van der Waals surface area (Å²) in [5, 5.41) is 0. The molecule has 0 amide bonds. The Balaban J connectivity index is 2.02. The van der Waals surface area contributed by atoms with Gasteiger partial charge in [0.15, 0.2) is 12.2 Å². The van der Waals surface area contributed by atoms with Crippen LogP contribution in [-0.2, 0) is 38.6 Å². The lowest BCUT2D eigenvalue weighted by Gasteiger charge is -2.15. The number of hydrogen-bond donors (Lipinski definition) is 0. The van der Waals surface area contributed by atoms with Gasteiger partial charge in [-0.25, -0.2) is 37.7 Å². The standard InChI is InChI=1S/C14H15N3O9/c1-2-3-15-10(18)16(4-8-6-23-13(21)25-8)12(20)17(11(15)19)5-9-7-24-14(22)26-9/h2,8-9H,1,3-7H2. The van der Waals surface area contributed by atoms with E-state index >= 15 is 0 Å². The molecule has 0 spiro atoms. The van der Waals surface area contributed by atoms with Crippen LogP contribution in [0.15, 0.2) is 27.0 Å². The van der Waals surface area contributed by atoms with Crippen LogP contribution in [0.25, 0.3) is 0 Å². The van der Waals surface area contributed by atoms with E-state index in [4.69, 9.17) is 9.47 Å². The molecule has 2 saturated heterocycles. The van der Waals surface area contributed by atoms with Gasteiger partial charge in [-0.3, -0.25) is 0 Å². The summed E-state index contributed by atoms with van der Waals surface area (Å²) in [4.78, 5) is 59.6. The highest BCUT2D eigenvalue weighted by Crippen LogP contribution is 2.08. The second-order valence-corrected chi connectivity index (χ2v) is 5.57. The van der Waals surface area contributed by atoms with E-state index in [-0.39, 0.29) is 32.8 Å². The Kier molecular flexibility index (Phi) is 4.65. The van der Waals surface area contributed by atoms with Gasteiger partial charge in [-0.2, -0.15) is 0 Å². The van der Waals surface area contributed by atoms with Crippen molar-refractivity contribution >= 4 is 12.3 Å². The quantitative estimate of drug-likeness (QED) is 0.430. The van der Waals surface area contributed by atoms with Crippen LogP contribution < -0.4 is 17.1 Å². The van der Waals surface area contributed by atoms with Crippen molar-refractivity contribution in [3.05, 3.63) is 44.1 Å². The van der Waals surface area contributed by atoms with Gasteiger partial charge in [-0.05, 0) is 0 Å². The topological polar surface area (TPSA) is 137 Å². The largest absolute Gasteiger partial charge is 0.508 e. The van der Waals surface area contributed by atoms with Crippen molar-refractivity contribution in [1.82, 2.24) is 13.7 Å². The number of nitrogens with zero attached hydrogens (tertiary/aromatic N) is 3. The molecule has 1 aromatic heterocycles. The van der Waals surface area contributed by atoms with E-state index in [1.807, 2.05) is 0 Å². The highest BCUT2D eigenvalue weighted by molar-refractivity contribution is 5.62. The van der Waals surface area contributed by atoms with E-state index in [0.29, 0.717) is 0 Å². The molecule has 3 rings (SSSR count). The van der Waals surface area contributed by atoms with Crippen molar-refractivity contribution in [1.29, 1.82) is 0 Å². The highest BCUT2D eigenvalue weighted by Gasteiger charge is 2.30. The van der Waals surface area contributed by atoms with Gasteiger partial charge in [-0.1, -0.05) is 6.08 Å². The number of allylic oxidation sites excluding steroid dienone is 1. The number of ether oxygens (including phenoxy) is 4. The second kappa shape index (κ2) is 6.90. The summed E-state index contributed by atoms with van der Waals surface area (Å²) in [6.07, 6.45) is -2.18. The van der Waals surface area contributed by atoms with Crippen molar-refractivity contribution in [2.45, 2.75) is 31.8 Å². The summed E-state index contributed by atoms with van der Waals surface area (Å²) in [5.41, 5.74) is -2.68. The zero-order valence-electron chi connectivity index (χ0n) is 13.5. The molecule has 0 N–H and O–H groups in total. The molecular weight excluding hydrogens is 354 g/mol. The number of aromatic nitrogens is 3. The minimum absolute atomic E-state index is 0.126. The van der Waals surface area contributed by atoms with Crippen LogP contribution in [0.4, 0.5) is 9.59 Å². The van der Waals surface area contributed by atoms with Gasteiger partial charge in [0.25, 0.3) is 0 Å². The Bertz CT molecular complexity index is 859. The summed E-state index contributed by atoms with van der Waals surface area (Å²) in [6, 6.07) is 0. The fraction of sp³-hybridized carbons (Fsp3) is 0.500. The number of cyclic esters (lactones) is 4. The summed E-state index contributed by atoms with van der Waals surface area (Å²) in [6.45, 7) is 2.50. The van der Waals surface area contributed by atoms with Crippen LogP contribution in [0.1, 0.15) is 0 Å². The first-order chi connectivity index (χ1) is 12.4. The van der Waals surface area contributed by atoms with Crippen molar-refractivity contribution in [2.75, 3.05) is 13.2 Å². The monoisotopic (exact) mass is 369 g/mol. The molecule has 0 radical (unpaired) electrons. The van der Waals surface area contributed by atoms with Gasteiger partial charge in [0.1, 0.15) is 13.2 Å². The third kappa shape index (κ3) is 3.25. The van der Waals surface area contributed by atoms with Crippen LogP contribution in [-0.4, -0.2) is 51.4 Å². The second-order valence-electron chi connectivity index (χ2n) is 5.57. The summed E-state index contributed by atoms with van der Waals surface area (Å²) < 4.78 is 21.2. The van der Waals surface area contributed by atoms with Crippen molar-refractivity contribution in [3.63, 3.8) is 0 Å². The van der Waals surface area contributed by atoms with Crippen LogP contribution in [0, 0.1) is 0 Å². The number of rotatable bonds is 6. The van der Waals surface area contributed by atoms with Gasteiger partial charge in [0, 0.05) is 0 Å². The third-order valence-corrected chi connectivity index (χ3v) is 3.77. The van der Waals surface area contributed by atoms with Crippen LogP contribution in [0.3, 0.4) is 0 Å². The third-order valence-electron chi connectivity index (χ3n) is 3.77. The van der Waals surface area contributed by atoms with Gasteiger partial charge in [0.2, 0.25) is 0 Å². The maximum atomic E-state index is 12.6. The Hall–Kier alpha value is -3.31. The molecule has 0 saturated carbocycles. The lowest BCUT2D eigenvalue weighted by molar-refractivity contribution is 0.110. The number of carbonyl (C=O) groups excluding carboxylic acids is 2. The summed E-state index contributed by atoms with van der Waals surface area (Å²) >= 11 is 0. The van der Waals surface area contributed by atoms with Crippen LogP contribution >= 0.6 is 0 Å². The minimum Gasteiger partial charge on any atom is -0.430 e. The fourth-order valence-corrected chi connectivity index (χ4v) is 2.60. The molecule has 2 fully saturated rings. The molecule has 1 aromatic rings. The average Bonchev–Trinajstić information content (AvgIpc) is 3.20. The molecule has 2 unspecified atom stereocenters. The SMILES string of the molecule is C=CCn1c(=O)n(CC2COC(=O)O2)c(=O)n(CC2COC(=O)O2)c1=O. The molecule has 2 aliphatic heterocycles. The first kappa shape index (κ1) is 17.5. The van der Waals surface area contributed by atoms with E-state index in [1.54, 1.807) is 0 Å². The first-order valence-corrected chi connectivity index (χ1v) is 7.63. The molecule has 2 aliphatic rings. The normalized spacial score (nSPS) is 21.7. The van der Waals surface area contributed by atoms with Crippen molar-refractivity contribution in [3.8, 4) is 0 Å². The molecule has 12 nitrogen and oxygen atoms in total. The molecule has 0 aliphatic carbocycles. The van der Waals surface area contributed by atoms with E-state index in [9.17, 15) is 24.0 Å². The van der Waals surface area contributed by atoms with Crippen molar-refractivity contribution in [2.24, 2.45) is 0 Å². The van der Waals surface area contributed by atoms with Crippen molar-refractivity contribution < 1.29 is 28.5 Å². The Morgan fingerprint density at radius 1 is 0.808 bits per heavy atom. The average molecular weight is 369 g/mol. The molecule has 3 heterocycles. The van der Waals surface area contributed by atoms with Gasteiger partial charge < -0.3 is 18.9 Å². The Morgan fingerprint density at radius 2 is 1.23 bits per heavy atom. The minimum atomic E-state index is -0.925. The van der Waals surface area contributed by atoms with Crippen LogP contribution in [0.2, 0.25) is 0 Å². The smallest absolute Gasteiger partial charge is 0.430 e. The van der Waals surface area contributed by atoms with Gasteiger partial charge in [0.05, 0.1) is 19.6 Å². The van der Waals surface area contributed by atoms with Gasteiger partial charge in [-0.15, -0.1) is 6.58 Å². The maximum Gasteiger partial charge on any atom is 0.508 e. The molecular formula is C14H15N3O9. The highest BCUT2D eigenvalue weighted by atomic mass is 16.8. The number of hydrogen-bond acceptors (Lipinski definition) is 9. The molecule has 12 heteroatoms. The predicted octanol–water partition coefficient (Wildman–Crippen LogP) is -1.57. The zero-order chi connectivity index (χ0) is 18.8. The lowest BCUT2D eigenvalue weighted by Crippen LogP contribution is -2.56. The molecule has 26 heavy (non-hydrogen) atoms. The summed E-state index contributed by atoms with van der Waals surface area (Å²) in [7, 11) is 0. The number of carbonyl (C=O) groups is 2. The summed E-state index contributed by atoms with van der Waals surface area (Å²) in [5.74, 6) is 0.